The number of hydrogen-bond acceptors (Lipinski definition) is 4. The minimum atomic E-state index is -0.588. The highest BCUT2D eigenvalue weighted by atomic mass is 16.5. The van der Waals surface area contributed by atoms with Gasteiger partial charge in [0.1, 0.15) is 5.56 Å². The lowest BCUT2D eigenvalue weighted by Gasteiger charge is -2.35. The van der Waals surface area contributed by atoms with Crippen molar-refractivity contribution in [1.29, 1.82) is 0 Å². The number of esters is 1. The Hall–Kier alpha value is -2.56. The largest absolute Gasteiger partial charge is 0.465 e. The van der Waals surface area contributed by atoms with Crippen LogP contribution in [0.25, 0.3) is 11.3 Å². The van der Waals surface area contributed by atoms with Crippen LogP contribution in [0.15, 0.2) is 16.9 Å². The molecule has 0 saturated carbocycles. The van der Waals surface area contributed by atoms with Crippen LogP contribution < -0.4 is 10.5 Å². The van der Waals surface area contributed by atoms with Crippen molar-refractivity contribution in [3.05, 3.63) is 50.3 Å². The third kappa shape index (κ3) is 2.37. The number of aromatic amines is 1. The summed E-state index contributed by atoms with van der Waals surface area (Å²) in [5, 5.41) is 0. The molecule has 1 aromatic carbocycles. The van der Waals surface area contributed by atoms with E-state index in [4.69, 9.17) is 4.74 Å². The number of methoxy groups -OCH3 is 1. The summed E-state index contributed by atoms with van der Waals surface area (Å²) >= 11 is 0. The molecule has 0 radical (unpaired) electrons. The summed E-state index contributed by atoms with van der Waals surface area (Å²) < 4.78 is 4.75. The van der Waals surface area contributed by atoms with Gasteiger partial charge in [0.15, 0.2) is 0 Å². The molecule has 1 N–H and O–H groups in total. The Balaban J connectivity index is 1.98. The second-order valence-electron chi connectivity index (χ2n) is 7.51. The molecule has 2 aliphatic rings. The zero-order valence-corrected chi connectivity index (χ0v) is 15.7. The number of carbonyl (C=O) groups excluding carboxylic acids is 1. The first-order chi connectivity index (χ1) is 12.4. The number of anilines is 1. The Morgan fingerprint density at radius 3 is 2.81 bits per heavy atom. The molecule has 0 fully saturated rings. The summed E-state index contributed by atoms with van der Waals surface area (Å²) in [5.74, 6) is -0.355. The normalized spacial score (nSPS) is 18.0. The van der Waals surface area contributed by atoms with Crippen molar-refractivity contribution in [2.45, 2.75) is 39.0 Å². The molecule has 0 spiro atoms. The molecule has 0 bridgehead atoms. The van der Waals surface area contributed by atoms with Crippen LogP contribution in [0.1, 0.15) is 51.9 Å². The minimum absolute atomic E-state index is 0.0796. The summed E-state index contributed by atoms with van der Waals surface area (Å²) in [6, 6.07) is 3.91. The van der Waals surface area contributed by atoms with E-state index < -0.39 is 5.97 Å². The number of pyridine rings is 1. The number of carbonyl (C=O) groups is 1. The van der Waals surface area contributed by atoms with Crippen LogP contribution in [0, 0.1) is 6.92 Å². The number of benzene rings is 1. The van der Waals surface area contributed by atoms with Gasteiger partial charge in [-0.1, -0.05) is 6.92 Å². The highest BCUT2D eigenvalue weighted by Gasteiger charge is 2.30. The highest BCUT2D eigenvalue weighted by molar-refractivity contribution is 5.90. The summed E-state index contributed by atoms with van der Waals surface area (Å²) in [6.45, 7) is 5.37. The standard InChI is InChI=1S/C21H24N2O3/c1-11-8-15-13-6-5-7-23(3)19(13)12(2)9-16(15)18-14(11)10-17(20(24)22-18)21(25)26-4/h9-11H,5-8H2,1-4H3,(H,22,24). The molecule has 26 heavy (non-hydrogen) atoms. The zero-order chi connectivity index (χ0) is 18.6. The molecule has 1 aromatic heterocycles. The third-order valence-corrected chi connectivity index (χ3v) is 5.80. The second kappa shape index (κ2) is 6.01. The zero-order valence-electron chi connectivity index (χ0n) is 15.7. The average Bonchev–Trinajstić information content (AvgIpc) is 2.62. The molecule has 1 aliphatic carbocycles. The fraction of sp³-hybridized carbons (Fsp3) is 0.429. The van der Waals surface area contributed by atoms with Gasteiger partial charge in [-0.15, -0.1) is 0 Å². The number of hydrogen-bond donors (Lipinski definition) is 1. The summed E-state index contributed by atoms with van der Waals surface area (Å²) in [4.78, 5) is 29.7. The van der Waals surface area contributed by atoms with Crippen molar-refractivity contribution in [1.82, 2.24) is 4.98 Å². The van der Waals surface area contributed by atoms with Gasteiger partial charge < -0.3 is 14.6 Å². The van der Waals surface area contributed by atoms with Crippen LogP contribution in [0.2, 0.25) is 0 Å². The first kappa shape index (κ1) is 16.9. The van der Waals surface area contributed by atoms with Crippen LogP contribution >= 0.6 is 0 Å². The van der Waals surface area contributed by atoms with Gasteiger partial charge in [-0.2, -0.15) is 0 Å². The topological polar surface area (TPSA) is 62.4 Å². The van der Waals surface area contributed by atoms with Gasteiger partial charge in [0.05, 0.1) is 12.8 Å². The van der Waals surface area contributed by atoms with Crippen molar-refractivity contribution in [3.8, 4) is 11.3 Å². The number of ether oxygens (including phenoxy) is 1. The van der Waals surface area contributed by atoms with Crippen molar-refractivity contribution < 1.29 is 9.53 Å². The maximum atomic E-state index is 12.5. The fourth-order valence-electron chi connectivity index (χ4n) is 4.61. The number of H-pyrrole nitrogens is 1. The lowest BCUT2D eigenvalue weighted by molar-refractivity contribution is 0.0598. The van der Waals surface area contributed by atoms with Gasteiger partial charge >= 0.3 is 5.97 Å². The predicted octanol–water partition coefficient (Wildman–Crippen LogP) is 3.18. The second-order valence-corrected chi connectivity index (χ2v) is 7.51. The van der Waals surface area contributed by atoms with E-state index in [2.05, 4.69) is 36.8 Å². The lowest BCUT2D eigenvalue weighted by Crippen LogP contribution is -2.28. The molecule has 0 amide bonds. The predicted molar refractivity (Wildman–Crippen MR) is 102 cm³/mol. The Morgan fingerprint density at radius 1 is 1.31 bits per heavy atom. The smallest absolute Gasteiger partial charge is 0.343 e. The summed E-state index contributed by atoms with van der Waals surface area (Å²) in [7, 11) is 3.45. The Labute approximate surface area is 153 Å². The van der Waals surface area contributed by atoms with E-state index in [0.29, 0.717) is 0 Å². The third-order valence-electron chi connectivity index (χ3n) is 5.80. The van der Waals surface area contributed by atoms with Gasteiger partial charge in [-0.25, -0.2) is 4.79 Å². The quantitative estimate of drug-likeness (QED) is 0.801. The molecule has 136 valence electrons. The molecule has 4 rings (SSSR count). The van der Waals surface area contributed by atoms with E-state index in [9.17, 15) is 9.59 Å². The minimum Gasteiger partial charge on any atom is -0.465 e. The first-order valence-corrected chi connectivity index (χ1v) is 9.14. The lowest BCUT2D eigenvalue weighted by atomic mass is 9.77. The van der Waals surface area contributed by atoms with Crippen LogP contribution in [-0.2, 0) is 17.6 Å². The maximum absolute atomic E-state index is 12.5. The molecule has 1 atom stereocenters. The Bertz CT molecular complexity index is 974. The Morgan fingerprint density at radius 2 is 2.08 bits per heavy atom. The van der Waals surface area contributed by atoms with Crippen LogP contribution in [-0.4, -0.2) is 31.7 Å². The van der Waals surface area contributed by atoms with Crippen molar-refractivity contribution in [2.75, 3.05) is 25.6 Å². The van der Waals surface area contributed by atoms with E-state index >= 15 is 0 Å². The summed E-state index contributed by atoms with van der Waals surface area (Å²) in [5.41, 5.74) is 8.02. The maximum Gasteiger partial charge on any atom is 0.343 e. The van der Waals surface area contributed by atoms with E-state index in [1.807, 2.05) is 0 Å². The SMILES string of the molecule is COC(=O)c1cc2c([nH]c1=O)-c1cc(C)c3c(c1CC2C)CCCN3C. The number of aromatic nitrogens is 1. The van der Waals surface area contributed by atoms with Crippen molar-refractivity contribution >= 4 is 11.7 Å². The van der Waals surface area contributed by atoms with E-state index in [1.165, 1.54) is 29.5 Å². The molecule has 5 heteroatoms. The average molecular weight is 352 g/mol. The number of fused-ring (bicyclic) bond motifs is 5. The van der Waals surface area contributed by atoms with Crippen LogP contribution in [0.4, 0.5) is 5.69 Å². The fourth-order valence-corrected chi connectivity index (χ4v) is 4.61. The first-order valence-electron chi connectivity index (χ1n) is 9.14. The molecule has 2 heterocycles. The molecule has 1 aliphatic heterocycles. The van der Waals surface area contributed by atoms with Crippen LogP contribution in [0.5, 0.6) is 0 Å². The highest BCUT2D eigenvalue weighted by Crippen LogP contribution is 2.44. The van der Waals surface area contributed by atoms with Gasteiger partial charge in [0, 0.05) is 24.8 Å². The molecule has 2 aromatic rings. The van der Waals surface area contributed by atoms with Crippen molar-refractivity contribution in [3.63, 3.8) is 0 Å². The van der Waals surface area contributed by atoms with Gasteiger partial charge in [-0.05, 0) is 66.5 Å². The molecule has 5 nitrogen and oxygen atoms in total. The molecule has 0 saturated heterocycles. The van der Waals surface area contributed by atoms with Gasteiger partial charge in [0.25, 0.3) is 5.56 Å². The molecular weight excluding hydrogens is 328 g/mol. The monoisotopic (exact) mass is 352 g/mol. The number of aryl methyl sites for hydroxylation is 1. The van der Waals surface area contributed by atoms with E-state index in [-0.39, 0.29) is 17.0 Å². The number of nitrogens with one attached hydrogen (secondary N) is 1. The number of nitrogens with zero attached hydrogens (tertiary/aromatic N) is 1. The van der Waals surface area contributed by atoms with Crippen LogP contribution in [0.3, 0.4) is 0 Å². The number of rotatable bonds is 1. The van der Waals surface area contributed by atoms with E-state index in [0.717, 1.165) is 42.6 Å². The molecular formula is C21H24N2O3. The summed E-state index contributed by atoms with van der Waals surface area (Å²) in [6.07, 6.45) is 3.15. The Kier molecular flexibility index (Phi) is 3.90. The van der Waals surface area contributed by atoms with Gasteiger partial charge in [0.2, 0.25) is 0 Å². The van der Waals surface area contributed by atoms with Gasteiger partial charge in [-0.3, -0.25) is 4.79 Å². The van der Waals surface area contributed by atoms with E-state index in [1.54, 1.807) is 6.07 Å². The van der Waals surface area contributed by atoms with Crippen molar-refractivity contribution in [2.24, 2.45) is 0 Å². The molecule has 1 unspecified atom stereocenters.